The molecule has 5 rings (SSSR count). The van der Waals surface area contributed by atoms with Crippen molar-refractivity contribution in [3.63, 3.8) is 0 Å². The van der Waals surface area contributed by atoms with Crippen LogP contribution in [0.15, 0.2) is 65.2 Å². The summed E-state index contributed by atoms with van der Waals surface area (Å²) in [6, 6.07) is 18.6. The van der Waals surface area contributed by atoms with Gasteiger partial charge in [-0.2, -0.15) is 0 Å². The number of anilines is 1. The molecule has 0 radical (unpaired) electrons. The van der Waals surface area contributed by atoms with Crippen LogP contribution in [-0.2, 0) is 14.9 Å². The minimum Gasteiger partial charge on any atom is -0.481 e. The highest BCUT2D eigenvalue weighted by atomic mass is 35.5. The first-order valence-electron chi connectivity index (χ1n) is 11.7. The van der Waals surface area contributed by atoms with E-state index in [-0.39, 0.29) is 5.69 Å². The van der Waals surface area contributed by atoms with Gasteiger partial charge in [-0.3, -0.25) is 10.1 Å². The summed E-state index contributed by atoms with van der Waals surface area (Å²) in [7, 11) is 0. The Labute approximate surface area is 218 Å². The number of benzene rings is 3. The van der Waals surface area contributed by atoms with Gasteiger partial charge in [0.05, 0.1) is 5.41 Å². The van der Waals surface area contributed by atoms with Crippen LogP contribution in [0.3, 0.4) is 0 Å². The summed E-state index contributed by atoms with van der Waals surface area (Å²) < 4.78 is 10.7. The van der Waals surface area contributed by atoms with Gasteiger partial charge >= 0.3 is 12.1 Å². The van der Waals surface area contributed by atoms with Crippen LogP contribution < -0.4 is 5.32 Å². The van der Waals surface area contributed by atoms with E-state index in [0.717, 1.165) is 21.9 Å². The first-order chi connectivity index (χ1) is 17.8. The fourth-order valence-electron chi connectivity index (χ4n) is 4.27. The molecule has 1 unspecified atom stereocenters. The molecule has 1 atom stereocenters. The number of hydrogen-bond donors (Lipinski definition) is 2. The lowest BCUT2D eigenvalue weighted by Crippen LogP contribution is -2.19. The van der Waals surface area contributed by atoms with E-state index in [9.17, 15) is 14.7 Å². The average Bonchev–Trinajstić information content (AvgIpc) is 3.63. The van der Waals surface area contributed by atoms with Gasteiger partial charge in [0.1, 0.15) is 11.8 Å². The van der Waals surface area contributed by atoms with Crippen LogP contribution in [0.1, 0.15) is 54.0 Å². The highest BCUT2D eigenvalue weighted by molar-refractivity contribution is 6.31. The summed E-state index contributed by atoms with van der Waals surface area (Å²) in [5.41, 5.74) is 2.12. The molecule has 3 aromatic carbocycles. The summed E-state index contributed by atoms with van der Waals surface area (Å²) >= 11 is 6.20. The van der Waals surface area contributed by atoms with Crippen molar-refractivity contribution in [2.45, 2.75) is 38.2 Å². The maximum absolute atomic E-state index is 12.5. The Kier molecular flexibility index (Phi) is 6.36. The molecular formula is C29H23ClN2O5. The molecule has 7 nitrogen and oxygen atoms in total. The van der Waals surface area contributed by atoms with Crippen LogP contribution in [-0.4, -0.2) is 22.3 Å². The third-order valence-corrected chi connectivity index (χ3v) is 6.94. The molecule has 0 spiro atoms. The standard InChI is InChI=1S/C29H23ClN2O5/c1-17(23-5-3-4-6-24(23)30)36-28(35)31-26-18(2)37-32-25(26)12-8-19-7-9-21-16-22(11-10-20(21)15-19)29(13-14-29)27(33)34/h3-7,9-11,15-17H,13-14H2,1-2H3,(H,31,35)(H,33,34). The zero-order chi connectivity index (χ0) is 26.2. The number of carboxylic acid groups (broad SMARTS) is 1. The van der Waals surface area contributed by atoms with Gasteiger partial charge < -0.3 is 14.4 Å². The van der Waals surface area contributed by atoms with E-state index < -0.39 is 23.6 Å². The number of carbonyl (C=O) groups excluding carboxylic acids is 1. The number of nitrogens with one attached hydrogen (secondary N) is 1. The Morgan fingerprint density at radius 3 is 2.57 bits per heavy atom. The maximum atomic E-state index is 12.5. The van der Waals surface area contributed by atoms with Crippen molar-refractivity contribution in [1.82, 2.24) is 5.16 Å². The van der Waals surface area contributed by atoms with Crippen molar-refractivity contribution in [2.75, 3.05) is 5.32 Å². The van der Waals surface area contributed by atoms with Gasteiger partial charge in [0.2, 0.25) is 0 Å². The number of aryl methyl sites for hydroxylation is 1. The zero-order valence-electron chi connectivity index (χ0n) is 20.2. The van der Waals surface area contributed by atoms with Gasteiger partial charge in [-0.25, -0.2) is 4.79 Å². The third-order valence-electron chi connectivity index (χ3n) is 6.59. The molecule has 0 aliphatic heterocycles. The number of carboxylic acids is 1. The number of rotatable bonds is 5. The second-order valence-electron chi connectivity index (χ2n) is 9.07. The van der Waals surface area contributed by atoms with Crippen molar-refractivity contribution in [3.8, 4) is 11.8 Å². The van der Waals surface area contributed by atoms with Crippen molar-refractivity contribution in [2.24, 2.45) is 0 Å². The first kappa shape index (κ1) is 24.4. The van der Waals surface area contributed by atoms with Crippen molar-refractivity contribution in [1.29, 1.82) is 0 Å². The molecule has 8 heteroatoms. The Balaban J connectivity index is 1.32. The second kappa shape index (κ2) is 9.64. The Hall–Kier alpha value is -4.28. The predicted octanol–water partition coefficient (Wildman–Crippen LogP) is 6.62. The summed E-state index contributed by atoms with van der Waals surface area (Å²) in [5, 5.41) is 18.6. The van der Waals surface area contributed by atoms with Gasteiger partial charge in [-0.15, -0.1) is 0 Å². The van der Waals surface area contributed by atoms with E-state index >= 15 is 0 Å². The molecule has 37 heavy (non-hydrogen) atoms. The molecule has 1 saturated carbocycles. The van der Waals surface area contributed by atoms with E-state index in [0.29, 0.717) is 34.9 Å². The molecule has 0 bridgehead atoms. The smallest absolute Gasteiger partial charge is 0.412 e. The van der Waals surface area contributed by atoms with Gasteiger partial charge in [0.15, 0.2) is 11.5 Å². The number of nitrogens with zero attached hydrogens (tertiary/aromatic N) is 1. The highest BCUT2D eigenvalue weighted by Crippen LogP contribution is 2.49. The highest BCUT2D eigenvalue weighted by Gasteiger charge is 2.51. The van der Waals surface area contributed by atoms with Gasteiger partial charge in [0.25, 0.3) is 0 Å². The van der Waals surface area contributed by atoms with E-state index in [1.807, 2.05) is 42.5 Å². The number of fused-ring (bicyclic) bond motifs is 1. The number of ether oxygens (including phenoxy) is 1. The quantitative estimate of drug-likeness (QED) is 0.290. The van der Waals surface area contributed by atoms with Crippen LogP contribution in [0.2, 0.25) is 5.02 Å². The van der Waals surface area contributed by atoms with Crippen LogP contribution in [0, 0.1) is 18.8 Å². The number of halogens is 1. The van der Waals surface area contributed by atoms with Crippen molar-refractivity contribution in [3.05, 3.63) is 93.8 Å². The minimum absolute atomic E-state index is 0.271. The SMILES string of the molecule is Cc1onc(C#Cc2ccc3cc(C4(C(=O)O)CC4)ccc3c2)c1NC(=O)OC(C)c1ccccc1Cl. The molecule has 1 fully saturated rings. The topological polar surface area (TPSA) is 102 Å². The fraction of sp³-hybridized carbons (Fsp3) is 0.207. The maximum Gasteiger partial charge on any atom is 0.412 e. The molecule has 1 aliphatic rings. The normalized spacial score (nSPS) is 14.4. The monoisotopic (exact) mass is 514 g/mol. The van der Waals surface area contributed by atoms with Gasteiger partial charge in [-0.05, 0) is 67.1 Å². The van der Waals surface area contributed by atoms with Gasteiger partial charge in [0, 0.05) is 16.1 Å². The molecule has 1 heterocycles. The van der Waals surface area contributed by atoms with Crippen LogP contribution in [0.5, 0.6) is 0 Å². The number of carbonyl (C=O) groups is 2. The summed E-state index contributed by atoms with van der Waals surface area (Å²) in [6.45, 7) is 3.40. The van der Waals surface area contributed by atoms with Crippen LogP contribution >= 0.6 is 11.6 Å². The molecule has 1 aromatic heterocycles. The van der Waals surface area contributed by atoms with E-state index in [2.05, 4.69) is 22.3 Å². The Bertz CT molecular complexity index is 1590. The number of amides is 1. The van der Waals surface area contributed by atoms with E-state index in [1.54, 1.807) is 32.0 Å². The zero-order valence-corrected chi connectivity index (χ0v) is 20.9. The summed E-state index contributed by atoms with van der Waals surface area (Å²) in [6.07, 6.45) is 0.0826. The molecule has 0 saturated heterocycles. The molecule has 4 aromatic rings. The molecule has 1 aliphatic carbocycles. The predicted molar refractivity (Wildman–Crippen MR) is 140 cm³/mol. The Morgan fingerprint density at radius 1 is 1.11 bits per heavy atom. The summed E-state index contributed by atoms with van der Waals surface area (Å²) in [5.74, 6) is 5.62. The molecule has 186 valence electrons. The number of hydrogen-bond acceptors (Lipinski definition) is 5. The largest absolute Gasteiger partial charge is 0.481 e. The fourth-order valence-corrected chi connectivity index (χ4v) is 4.56. The molecule has 1 amide bonds. The third kappa shape index (κ3) is 4.89. The van der Waals surface area contributed by atoms with Crippen molar-refractivity contribution < 1.29 is 24.0 Å². The number of aromatic nitrogens is 1. The first-order valence-corrected chi connectivity index (χ1v) is 12.1. The Morgan fingerprint density at radius 2 is 1.84 bits per heavy atom. The van der Waals surface area contributed by atoms with Crippen molar-refractivity contribution >= 4 is 40.1 Å². The van der Waals surface area contributed by atoms with E-state index in [4.69, 9.17) is 20.9 Å². The van der Waals surface area contributed by atoms with E-state index in [1.165, 1.54) is 0 Å². The average molecular weight is 515 g/mol. The van der Waals surface area contributed by atoms with Crippen LogP contribution in [0.25, 0.3) is 10.8 Å². The van der Waals surface area contributed by atoms with Gasteiger partial charge in [-0.1, -0.05) is 65.1 Å². The number of aliphatic carboxylic acids is 1. The minimum atomic E-state index is -0.774. The lowest BCUT2D eigenvalue weighted by Gasteiger charge is -2.15. The second-order valence-corrected chi connectivity index (χ2v) is 9.48. The lowest BCUT2D eigenvalue weighted by molar-refractivity contribution is -0.140. The lowest BCUT2D eigenvalue weighted by atomic mass is 9.93. The van der Waals surface area contributed by atoms with Crippen LogP contribution in [0.4, 0.5) is 10.5 Å². The summed E-state index contributed by atoms with van der Waals surface area (Å²) in [4.78, 5) is 24.2. The molecule has 2 N–H and O–H groups in total. The molecular weight excluding hydrogens is 492 g/mol.